The summed E-state index contributed by atoms with van der Waals surface area (Å²) >= 11 is 2.05. The summed E-state index contributed by atoms with van der Waals surface area (Å²) in [6.07, 6.45) is 4.35. The highest BCUT2D eigenvalue weighted by molar-refractivity contribution is 7.99. The van der Waals surface area contributed by atoms with Gasteiger partial charge < -0.3 is 4.42 Å². The molecule has 0 N–H and O–H groups in total. The molecular weight excluding hydrogens is 156 g/mol. The Kier molecular flexibility index (Phi) is 2.22. The molecule has 0 aromatic carbocycles. The molecule has 0 atom stereocenters. The Morgan fingerprint density at radius 2 is 2.18 bits per heavy atom. The van der Waals surface area contributed by atoms with Gasteiger partial charge in [0.15, 0.2) is 0 Å². The van der Waals surface area contributed by atoms with Gasteiger partial charge in [0, 0.05) is 5.92 Å². The van der Waals surface area contributed by atoms with E-state index in [0.717, 1.165) is 0 Å². The van der Waals surface area contributed by atoms with Crippen LogP contribution < -0.4 is 0 Å². The molecule has 1 fully saturated rings. The molecule has 60 valence electrons. The summed E-state index contributed by atoms with van der Waals surface area (Å²) in [5.74, 6) is 4.48. The van der Waals surface area contributed by atoms with E-state index in [0.29, 0.717) is 5.92 Å². The van der Waals surface area contributed by atoms with E-state index in [4.69, 9.17) is 4.42 Å². The Morgan fingerprint density at radius 1 is 1.36 bits per heavy atom. The molecule has 0 unspecified atom stereocenters. The lowest BCUT2D eigenvalue weighted by atomic mass is 10.0. The summed E-state index contributed by atoms with van der Waals surface area (Å²) in [7, 11) is 0. The van der Waals surface area contributed by atoms with Gasteiger partial charge in [0.2, 0.25) is 0 Å². The Morgan fingerprint density at radius 3 is 2.82 bits per heavy atom. The smallest absolute Gasteiger partial charge is 0.106 e. The van der Waals surface area contributed by atoms with Crippen LogP contribution in [0.1, 0.15) is 24.5 Å². The fraction of sp³-hybridized carbons (Fsp3) is 0.556. The summed E-state index contributed by atoms with van der Waals surface area (Å²) in [6.45, 7) is 0. The lowest BCUT2D eigenvalue weighted by molar-refractivity contribution is 0.446. The predicted octanol–water partition coefficient (Wildman–Crippen LogP) is 2.89. The maximum absolute atomic E-state index is 5.36. The second kappa shape index (κ2) is 3.35. The Hall–Kier alpha value is -0.370. The third kappa shape index (κ3) is 1.62. The molecule has 0 amide bonds. The maximum Gasteiger partial charge on any atom is 0.106 e. The monoisotopic (exact) mass is 168 g/mol. The van der Waals surface area contributed by atoms with Gasteiger partial charge in [-0.05, 0) is 36.5 Å². The van der Waals surface area contributed by atoms with E-state index in [2.05, 4.69) is 17.8 Å². The number of hydrogen-bond acceptors (Lipinski definition) is 2. The average molecular weight is 168 g/mol. The van der Waals surface area contributed by atoms with Crippen LogP contribution in [-0.2, 0) is 0 Å². The van der Waals surface area contributed by atoms with Crippen LogP contribution in [0.25, 0.3) is 0 Å². The van der Waals surface area contributed by atoms with Crippen molar-refractivity contribution in [1.29, 1.82) is 0 Å². The molecule has 1 aliphatic rings. The van der Waals surface area contributed by atoms with Gasteiger partial charge in [0.05, 0.1) is 6.26 Å². The summed E-state index contributed by atoms with van der Waals surface area (Å²) in [5.41, 5.74) is 0. The first-order valence-electron chi connectivity index (χ1n) is 4.08. The van der Waals surface area contributed by atoms with Crippen LogP contribution in [0, 0.1) is 0 Å². The van der Waals surface area contributed by atoms with E-state index < -0.39 is 0 Å². The standard InChI is InChI=1S/C9H12OS/c1-2-9(10-5-1)8-3-6-11-7-4-8/h1-2,5,8H,3-4,6-7H2. The van der Waals surface area contributed by atoms with Crippen molar-refractivity contribution in [2.24, 2.45) is 0 Å². The van der Waals surface area contributed by atoms with Crippen LogP contribution in [0.5, 0.6) is 0 Å². The van der Waals surface area contributed by atoms with E-state index in [9.17, 15) is 0 Å². The van der Waals surface area contributed by atoms with Crippen molar-refractivity contribution in [2.45, 2.75) is 18.8 Å². The summed E-state index contributed by atoms with van der Waals surface area (Å²) in [5, 5.41) is 0. The highest BCUT2D eigenvalue weighted by atomic mass is 32.2. The summed E-state index contributed by atoms with van der Waals surface area (Å²) in [6, 6.07) is 4.08. The van der Waals surface area contributed by atoms with Gasteiger partial charge in [0.25, 0.3) is 0 Å². The first-order valence-corrected chi connectivity index (χ1v) is 5.23. The highest BCUT2D eigenvalue weighted by Gasteiger charge is 2.17. The zero-order chi connectivity index (χ0) is 7.52. The molecule has 0 spiro atoms. The van der Waals surface area contributed by atoms with Crippen molar-refractivity contribution >= 4 is 11.8 Å². The Labute approximate surface area is 71.2 Å². The molecule has 0 aliphatic carbocycles. The minimum Gasteiger partial charge on any atom is -0.469 e. The number of rotatable bonds is 1. The molecule has 1 aliphatic heterocycles. The Balaban J connectivity index is 2.04. The van der Waals surface area contributed by atoms with E-state index in [-0.39, 0.29) is 0 Å². The van der Waals surface area contributed by atoms with Gasteiger partial charge in [-0.25, -0.2) is 0 Å². The first kappa shape index (κ1) is 7.29. The molecule has 1 saturated heterocycles. The van der Waals surface area contributed by atoms with Crippen LogP contribution >= 0.6 is 11.8 Å². The van der Waals surface area contributed by atoms with Crippen molar-refractivity contribution in [1.82, 2.24) is 0 Å². The quantitative estimate of drug-likeness (QED) is 0.639. The van der Waals surface area contributed by atoms with Crippen LogP contribution in [-0.4, -0.2) is 11.5 Å². The zero-order valence-electron chi connectivity index (χ0n) is 6.45. The molecule has 2 heterocycles. The average Bonchev–Trinajstić information content (AvgIpc) is 2.58. The predicted molar refractivity (Wildman–Crippen MR) is 48.0 cm³/mol. The van der Waals surface area contributed by atoms with Gasteiger partial charge in [-0.15, -0.1) is 0 Å². The fourth-order valence-electron chi connectivity index (χ4n) is 1.51. The lowest BCUT2D eigenvalue weighted by Gasteiger charge is -2.18. The summed E-state index contributed by atoms with van der Waals surface area (Å²) in [4.78, 5) is 0. The zero-order valence-corrected chi connectivity index (χ0v) is 7.27. The minimum absolute atomic E-state index is 0.700. The molecule has 1 nitrogen and oxygen atoms in total. The molecule has 2 heteroatoms. The molecule has 11 heavy (non-hydrogen) atoms. The van der Waals surface area contributed by atoms with Gasteiger partial charge in [-0.3, -0.25) is 0 Å². The largest absolute Gasteiger partial charge is 0.469 e. The third-order valence-corrected chi connectivity index (χ3v) is 3.22. The van der Waals surface area contributed by atoms with Crippen molar-refractivity contribution in [2.75, 3.05) is 11.5 Å². The van der Waals surface area contributed by atoms with Gasteiger partial charge >= 0.3 is 0 Å². The van der Waals surface area contributed by atoms with E-state index >= 15 is 0 Å². The third-order valence-electron chi connectivity index (χ3n) is 2.17. The van der Waals surface area contributed by atoms with Gasteiger partial charge in [-0.2, -0.15) is 11.8 Å². The normalized spacial score (nSPS) is 20.4. The van der Waals surface area contributed by atoms with Crippen LogP contribution in [0.4, 0.5) is 0 Å². The molecule has 1 aromatic rings. The Bertz CT molecular complexity index is 199. The molecule has 1 aromatic heterocycles. The van der Waals surface area contributed by atoms with Crippen molar-refractivity contribution in [3.05, 3.63) is 24.2 Å². The second-order valence-corrected chi connectivity index (χ2v) is 4.13. The maximum atomic E-state index is 5.36. The van der Waals surface area contributed by atoms with E-state index in [1.54, 1.807) is 6.26 Å². The fourth-order valence-corrected chi connectivity index (χ4v) is 2.61. The second-order valence-electron chi connectivity index (χ2n) is 2.90. The molecule has 2 rings (SSSR count). The molecular formula is C9H12OS. The van der Waals surface area contributed by atoms with Crippen LogP contribution in [0.15, 0.2) is 22.8 Å². The molecule has 0 saturated carbocycles. The number of thioether (sulfide) groups is 1. The van der Waals surface area contributed by atoms with Crippen molar-refractivity contribution in [3.8, 4) is 0 Å². The SMILES string of the molecule is c1coc(C2CCSCC2)c1. The van der Waals surface area contributed by atoms with Crippen molar-refractivity contribution < 1.29 is 4.42 Å². The molecule has 0 radical (unpaired) electrons. The summed E-state index contributed by atoms with van der Waals surface area (Å²) < 4.78 is 5.36. The van der Waals surface area contributed by atoms with Gasteiger partial charge in [0.1, 0.15) is 5.76 Å². The lowest BCUT2D eigenvalue weighted by Crippen LogP contribution is -2.06. The first-order chi connectivity index (χ1) is 5.47. The van der Waals surface area contributed by atoms with Crippen molar-refractivity contribution in [3.63, 3.8) is 0 Å². The number of hydrogen-bond donors (Lipinski definition) is 0. The number of furan rings is 1. The topological polar surface area (TPSA) is 13.1 Å². The van der Waals surface area contributed by atoms with Crippen LogP contribution in [0.3, 0.4) is 0 Å². The minimum atomic E-state index is 0.700. The molecule has 0 bridgehead atoms. The van der Waals surface area contributed by atoms with E-state index in [1.807, 2.05) is 6.07 Å². The highest BCUT2D eigenvalue weighted by Crippen LogP contribution is 2.31. The van der Waals surface area contributed by atoms with Gasteiger partial charge in [-0.1, -0.05) is 0 Å². The van der Waals surface area contributed by atoms with Crippen LogP contribution in [0.2, 0.25) is 0 Å². The van der Waals surface area contributed by atoms with E-state index in [1.165, 1.54) is 30.1 Å².